The van der Waals surface area contributed by atoms with Crippen LogP contribution in [0.25, 0.3) is 10.2 Å². The first-order valence-electron chi connectivity index (χ1n) is 6.87. The third-order valence-electron chi connectivity index (χ3n) is 3.21. The monoisotopic (exact) mass is 375 g/mol. The minimum Gasteiger partial charge on any atom is -0.315 e. The molecular formula is C16H14BrN3OS. The Morgan fingerprint density at radius 1 is 1.18 bits per heavy atom. The first-order valence-corrected chi connectivity index (χ1v) is 8.48. The number of pyridine rings is 1. The van der Waals surface area contributed by atoms with Crippen LogP contribution < -0.4 is 10.5 Å². The van der Waals surface area contributed by atoms with Gasteiger partial charge in [0.1, 0.15) is 4.83 Å². The van der Waals surface area contributed by atoms with Crippen LogP contribution in [0.4, 0.5) is 10.8 Å². The van der Waals surface area contributed by atoms with Crippen molar-refractivity contribution >= 4 is 48.3 Å². The van der Waals surface area contributed by atoms with Gasteiger partial charge in [0.2, 0.25) is 0 Å². The van der Waals surface area contributed by atoms with Crippen molar-refractivity contribution < 1.29 is 0 Å². The maximum Gasteiger partial charge on any atom is 0.282 e. The van der Waals surface area contributed by atoms with Crippen molar-refractivity contribution in [2.75, 3.05) is 4.90 Å². The number of anilines is 2. The summed E-state index contributed by atoms with van der Waals surface area (Å²) < 4.78 is 1.02. The average molecular weight is 376 g/mol. The molecule has 22 heavy (non-hydrogen) atoms. The molecule has 0 aliphatic rings. The Bertz CT molecular complexity index is 861. The maximum atomic E-state index is 12.2. The zero-order chi connectivity index (χ0) is 15.7. The minimum absolute atomic E-state index is 0.172. The van der Waals surface area contributed by atoms with Crippen LogP contribution in [0.2, 0.25) is 0 Å². The van der Waals surface area contributed by atoms with E-state index in [1.165, 1.54) is 11.3 Å². The third-order valence-corrected chi connectivity index (χ3v) is 4.73. The van der Waals surface area contributed by atoms with Crippen LogP contribution in [0.1, 0.15) is 13.8 Å². The summed E-state index contributed by atoms with van der Waals surface area (Å²) in [5.74, 6) is 0. The van der Waals surface area contributed by atoms with E-state index < -0.39 is 0 Å². The number of rotatable bonds is 3. The normalized spacial score (nSPS) is 11.1. The first kappa shape index (κ1) is 15.1. The van der Waals surface area contributed by atoms with Crippen molar-refractivity contribution in [2.45, 2.75) is 19.9 Å². The van der Waals surface area contributed by atoms with Crippen molar-refractivity contribution in [3.63, 3.8) is 0 Å². The van der Waals surface area contributed by atoms with Gasteiger partial charge in [-0.05, 0) is 50.2 Å². The Labute approximate surface area is 140 Å². The predicted molar refractivity (Wildman–Crippen MR) is 95.1 cm³/mol. The van der Waals surface area contributed by atoms with Crippen LogP contribution in [0.5, 0.6) is 0 Å². The highest BCUT2D eigenvalue weighted by molar-refractivity contribution is 9.10. The maximum absolute atomic E-state index is 12.2. The Kier molecular flexibility index (Phi) is 4.22. The smallest absolute Gasteiger partial charge is 0.282 e. The molecule has 0 atom stereocenters. The molecule has 0 amide bonds. The molecule has 0 fully saturated rings. The van der Waals surface area contributed by atoms with Gasteiger partial charge in [0.25, 0.3) is 5.56 Å². The Hall–Kier alpha value is -1.79. The number of nitrogens with zero attached hydrogens (tertiary/aromatic N) is 3. The molecule has 2 aromatic heterocycles. The lowest BCUT2D eigenvalue weighted by molar-refractivity contribution is 0.783. The van der Waals surface area contributed by atoms with Crippen molar-refractivity contribution in [3.05, 3.63) is 57.4 Å². The SMILES string of the molecule is CC(C)N(c1ccc(Br)cc1)c1nc(=O)c2cccnc2s1. The van der Waals surface area contributed by atoms with E-state index in [2.05, 4.69) is 39.7 Å². The number of benzene rings is 1. The van der Waals surface area contributed by atoms with Crippen molar-refractivity contribution in [1.82, 2.24) is 9.97 Å². The molecular weight excluding hydrogens is 362 g/mol. The Morgan fingerprint density at radius 2 is 1.91 bits per heavy atom. The second-order valence-electron chi connectivity index (χ2n) is 5.10. The zero-order valence-corrected chi connectivity index (χ0v) is 14.6. The molecule has 3 aromatic rings. The topological polar surface area (TPSA) is 46.1 Å². The van der Waals surface area contributed by atoms with E-state index in [1.54, 1.807) is 18.3 Å². The van der Waals surface area contributed by atoms with E-state index in [-0.39, 0.29) is 11.6 Å². The number of fused-ring (bicyclic) bond motifs is 1. The molecule has 3 rings (SSSR count). The molecule has 6 heteroatoms. The van der Waals surface area contributed by atoms with Crippen LogP contribution in [-0.4, -0.2) is 16.0 Å². The molecule has 0 radical (unpaired) electrons. The van der Waals surface area contributed by atoms with Crippen LogP contribution >= 0.6 is 27.3 Å². The molecule has 0 spiro atoms. The Balaban J connectivity index is 2.17. The summed E-state index contributed by atoms with van der Waals surface area (Å²) in [6, 6.07) is 11.7. The van der Waals surface area contributed by atoms with Crippen LogP contribution in [0.15, 0.2) is 51.9 Å². The fraction of sp³-hybridized carbons (Fsp3) is 0.188. The highest BCUT2D eigenvalue weighted by atomic mass is 79.9. The van der Waals surface area contributed by atoms with Gasteiger partial charge in [0.15, 0.2) is 5.13 Å². The second-order valence-corrected chi connectivity index (χ2v) is 6.97. The quantitative estimate of drug-likeness (QED) is 0.682. The molecule has 2 heterocycles. The number of aromatic nitrogens is 2. The fourth-order valence-electron chi connectivity index (χ4n) is 2.23. The number of hydrogen-bond donors (Lipinski definition) is 0. The van der Waals surface area contributed by atoms with Gasteiger partial charge in [-0.15, -0.1) is 0 Å². The van der Waals surface area contributed by atoms with E-state index in [0.29, 0.717) is 15.3 Å². The summed E-state index contributed by atoms with van der Waals surface area (Å²) in [6.45, 7) is 4.15. The van der Waals surface area contributed by atoms with Crippen LogP contribution in [0, 0.1) is 0 Å². The Morgan fingerprint density at radius 3 is 2.59 bits per heavy atom. The zero-order valence-electron chi connectivity index (χ0n) is 12.2. The number of hydrogen-bond acceptors (Lipinski definition) is 5. The van der Waals surface area contributed by atoms with E-state index in [9.17, 15) is 4.79 Å². The summed E-state index contributed by atoms with van der Waals surface area (Å²) in [5, 5.41) is 1.23. The summed E-state index contributed by atoms with van der Waals surface area (Å²) in [5.41, 5.74) is 0.760. The van der Waals surface area contributed by atoms with Crippen molar-refractivity contribution in [2.24, 2.45) is 0 Å². The molecule has 1 aromatic carbocycles. The molecule has 0 aliphatic heterocycles. The standard InChI is InChI=1S/C16H14BrN3OS/c1-10(2)20(12-7-5-11(17)6-8-12)16-19-14(21)13-4-3-9-18-15(13)22-16/h3-10H,1-2H3. The van der Waals surface area contributed by atoms with Gasteiger partial charge in [0.05, 0.1) is 5.39 Å². The molecule has 0 aliphatic carbocycles. The summed E-state index contributed by atoms with van der Waals surface area (Å²) in [6.07, 6.45) is 1.70. The average Bonchev–Trinajstić information content (AvgIpc) is 2.49. The summed E-state index contributed by atoms with van der Waals surface area (Å²) in [4.78, 5) is 23.5. The van der Waals surface area contributed by atoms with Gasteiger partial charge in [-0.3, -0.25) is 4.79 Å². The van der Waals surface area contributed by atoms with E-state index >= 15 is 0 Å². The molecule has 4 nitrogen and oxygen atoms in total. The van der Waals surface area contributed by atoms with Crippen molar-refractivity contribution in [1.29, 1.82) is 0 Å². The summed E-state index contributed by atoms with van der Waals surface area (Å²) in [7, 11) is 0. The van der Waals surface area contributed by atoms with Crippen LogP contribution in [0.3, 0.4) is 0 Å². The summed E-state index contributed by atoms with van der Waals surface area (Å²) >= 11 is 4.87. The van der Waals surface area contributed by atoms with Gasteiger partial charge >= 0.3 is 0 Å². The molecule has 0 N–H and O–H groups in total. The largest absolute Gasteiger partial charge is 0.315 e. The lowest BCUT2D eigenvalue weighted by Gasteiger charge is -2.27. The van der Waals surface area contributed by atoms with Gasteiger partial charge in [0, 0.05) is 22.4 Å². The van der Waals surface area contributed by atoms with Crippen LogP contribution in [-0.2, 0) is 0 Å². The van der Waals surface area contributed by atoms with E-state index in [4.69, 9.17) is 0 Å². The molecule has 112 valence electrons. The third kappa shape index (κ3) is 2.89. The van der Waals surface area contributed by atoms with Gasteiger partial charge < -0.3 is 4.90 Å². The highest BCUT2D eigenvalue weighted by Crippen LogP contribution is 2.31. The minimum atomic E-state index is -0.236. The highest BCUT2D eigenvalue weighted by Gasteiger charge is 2.17. The van der Waals surface area contributed by atoms with Crippen molar-refractivity contribution in [3.8, 4) is 0 Å². The van der Waals surface area contributed by atoms with E-state index in [1.807, 2.05) is 29.2 Å². The molecule has 0 saturated carbocycles. The molecule has 0 saturated heterocycles. The number of halogens is 1. The molecule has 0 unspecified atom stereocenters. The molecule has 0 bridgehead atoms. The lowest BCUT2D eigenvalue weighted by atomic mass is 10.2. The predicted octanol–water partition coefficient (Wildman–Crippen LogP) is 4.36. The lowest BCUT2D eigenvalue weighted by Crippen LogP contribution is -2.27. The van der Waals surface area contributed by atoms with Gasteiger partial charge in [-0.25, -0.2) is 4.98 Å². The first-order chi connectivity index (χ1) is 10.6. The second kappa shape index (κ2) is 6.14. The van der Waals surface area contributed by atoms with E-state index in [0.717, 1.165) is 10.2 Å². The van der Waals surface area contributed by atoms with Gasteiger partial charge in [-0.1, -0.05) is 27.3 Å². The van der Waals surface area contributed by atoms with Gasteiger partial charge in [-0.2, -0.15) is 4.98 Å². The fourth-order valence-corrected chi connectivity index (χ4v) is 3.58.